The number of thioether (sulfide) groups is 1. The Hall–Kier alpha value is -1.40. The second kappa shape index (κ2) is 7.74. The number of nitrogens with zero attached hydrogens (tertiary/aromatic N) is 2. The molecule has 0 saturated heterocycles. The molecule has 6 heteroatoms. The SMILES string of the molecule is Cc1ccc(C)c(CSc2nnc(NC(=O)CC(C)C)s2)c1. The largest absolute Gasteiger partial charge is 0.300 e. The molecule has 0 unspecified atom stereocenters. The Morgan fingerprint density at radius 2 is 2.09 bits per heavy atom. The van der Waals surface area contributed by atoms with Gasteiger partial charge in [-0.1, -0.05) is 60.7 Å². The van der Waals surface area contributed by atoms with Gasteiger partial charge >= 0.3 is 0 Å². The number of benzene rings is 1. The van der Waals surface area contributed by atoms with Crippen molar-refractivity contribution >= 4 is 34.1 Å². The first-order valence-electron chi connectivity index (χ1n) is 7.26. The van der Waals surface area contributed by atoms with Gasteiger partial charge in [0.25, 0.3) is 0 Å². The summed E-state index contributed by atoms with van der Waals surface area (Å²) in [4.78, 5) is 11.7. The van der Waals surface area contributed by atoms with Gasteiger partial charge in [0.1, 0.15) is 0 Å². The van der Waals surface area contributed by atoms with E-state index < -0.39 is 0 Å². The lowest BCUT2D eigenvalue weighted by Crippen LogP contribution is -2.13. The molecule has 0 aliphatic heterocycles. The third kappa shape index (κ3) is 5.10. The van der Waals surface area contributed by atoms with Crippen LogP contribution in [0, 0.1) is 19.8 Å². The molecule has 0 bridgehead atoms. The maximum absolute atomic E-state index is 11.7. The van der Waals surface area contributed by atoms with E-state index in [1.54, 1.807) is 11.8 Å². The first kappa shape index (κ1) is 17.0. The van der Waals surface area contributed by atoms with Crippen LogP contribution in [0.25, 0.3) is 0 Å². The van der Waals surface area contributed by atoms with Gasteiger partial charge in [-0.3, -0.25) is 4.79 Å². The molecule has 0 atom stereocenters. The van der Waals surface area contributed by atoms with Gasteiger partial charge in [-0.15, -0.1) is 10.2 Å². The van der Waals surface area contributed by atoms with E-state index in [0.29, 0.717) is 17.5 Å². The number of amides is 1. The van der Waals surface area contributed by atoms with E-state index in [4.69, 9.17) is 0 Å². The Morgan fingerprint density at radius 1 is 1.32 bits per heavy atom. The minimum atomic E-state index is -0.00257. The van der Waals surface area contributed by atoms with Crippen LogP contribution in [0.15, 0.2) is 22.5 Å². The van der Waals surface area contributed by atoms with Crippen LogP contribution in [-0.2, 0) is 10.5 Å². The second-order valence-corrected chi connectivity index (χ2v) is 7.94. The highest BCUT2D eigenvalue weighted by molar-refractivity contribution is 8.00. The van der Waals surface area contributed by atoms with Crippen LogP contribution in [0.5, 0.6) is 0 Å². The van der Waals surface area contributed by atoms with Crippen molar-refractivity contribution in [1.82, 2.24) is 10.2 Å². The van der Waals surface area contributed by atoms with E-state index in [-0.39, 0.29) is 5.91 Å². The molecule has 0 aliphatic rings. The van der Waals surface area contributed by atoms with E-state index in [2.05, 4.69) is 47.6 Å². The van der Waals surface area contributed by atoms with E-state index in [0.717, 1.165) is 10.1 Å². The highest BCUT2D eigenvalue weighted by Crippen LogP contribution is 2.29. The molecule has 0 fully saturated rings. The molecular weight excluding hydrogens is 314 g/mol. The number of anilines is 1. The fourth-order valence-electron chi connectivity index (χ4n) is 1.95. The molecule has 4 nitrogen and oxygen atoms in total. The molecular formula is C16H21N3OS2. The monoisotopic (exact) mass is 335 g/mol. The van der Waals surface area contributed by atoms with Gasteiger partial charge in [0, 0.05) is 12.2 Å². The summed E-state index contributed by atoms with van der Waals surface area (Å²) in [5.41, 5.74) is 3.86. The van der Waals surface area contributed by atoms with Gasteiger partial charge in [0.15, 0.2) is 4.34 Å². The van der Waals surface area contributed by atoms with Crippen LogP contribution < -0.4 is 5.32 Å². The molecule has 0 radical (unpaired) electrons. The lowest BCUT2D eigenvalue weighted by molar-refractivity contribution is -0.116. The number of carbonyl (C=O) groups excluding carboxylic acids is 1. The molecule has 1 aromatic heterocycles. The maximum atomic E-state index is 11.7. The summed E-state index contributed by atoms with van der Waals surface area (Å²) in [6.45, 7) is 8.25. The molecule has 1 amide bonds. The van der Waals surface area contributed by atoms with Gasteiger partial charge in [-0.2, -0.15) is 0 Å². The number of hydrogen-bond donors (Lipinski definition) is 1. The first-order chi connectivity index (χ1) is 10.4. The molecule has 0 aliphatic carbocycles. The average Bonchev–Trinajstić information content (AvgIpc) is 2.86. The zero-order valence-electron chi connectivity index (χ0n) is 13.3. The lowest BCUT2D eigenvalue weighted by atomic mass is 10.1. The number of carbonyl (C=O) groups is 1. The van der Waals surface area contributed by atoms with Crippen molar-refractivity contribution < 1.29 is 4.79 Å². The Balaban J connectivity index is 1.92. The molecule has 22 heavy (non-hydrogen) atoms. The number of rotatable bonds is 6. The van der Waals surface area contributed by atoms with E-state index in [1.807, 2.05) is 13.8 Å². The van der Waals surface area contributed by atoms with Crippen LogP contribution >= 0.6 is 23.1 Å². The van der Waals surface area contributed by atoms with Crippen molar-refractivity contribution in [2.75, 3.05) is 5.32 Å². The van der Waals surface area contributed by atoms with Crippen molar-refractivity contribution in [1.29, 1.82) is 0 Å². The smallest absolute Gasteiger partial charge is 0.226 e. The zero-order chi connectivity index (χ0) is 16.1. The summed E-state index contributed by atoms with van der Waals surface area (Å²) in [6, 6.07) is 6.47. The van der Waals surface area contributed by atoms with Gasteiger partial charge < -0.3 is 5.32 Å². The predicted molar refractivity (Wildman–Crippen MR) is 93.5 cm³/mol. The molecule has 2 aromatic rings. The molecule has 2 rings (SSSR count). The van der Waals surface area contributed by atoms with Gasteiger partial charge in [0.2, 0.25) is 11.0 Å². The van der Waals surface area contributed by atoms with Gasteiger partial charge in [-0.25, -0.2) is 0 Å². The van der Waals surface area contributed by atoms with Gasteiger partial charge in [0.05, 0.1) is 0 Å². The quantitative estimate of drug-likeness (QED) is 0.626. The Kier molecular flexibility index (Phi) is 5.97. The second-order valence-electron chi connectivity index (χ2n) is 5.74. The highest BCUT2D eigenvalue weighted by Gasteiger charge is 2.10. The van der Waals surface area contributed by atoms with E-state index >= 15 is 0 Å². The molecule has 1 heterocycles. The van der Waals surface area contributed by atoms with Crippen LogP contribution in [0.1, 0.15) is 37.0 Å². The van der Waals surface area contributed by atoms with Crippen LogP contribution in [-0.4, -0.2) is 16.1 Å². The fraction of sp³-hybridized carbons (Fsp3) is 0.438. The molecule has 1 aromatic carbocycles. The average molecular weight is 335 g/mol. The van der Waals surface area contributed by atoms with E-state index in [9.17, 15) is 4.79 Å². The van der Waals surface area contributed by atoms with Crippen LogP contribution in [0.3, 0.4) is 0 Å². The predicted octanol–water partition coefficient (Wildman–Crippen LogP) is 4.43. The standard InChI is InChI=1S/C16H21N3OS2/c1-10(2)7-14(20)17-15-18-19-16(22-15)21-9-13-8-11(3)5-6-12(13)4/h5-6,8,10H,7,9H2,1-4H3,(H,17,18,20). The first-order valence-corrected chi connectivity index (χ1v) is 9.06. The highest BCUT2D eigenvalue weighted by atomic mass is 32.2. The fourth-order valence-corrected chi connectivity index (χ4v) is 3.79. The summed E-state index contributed by atoms with van der Waals surface area (Å²) >= 11 is 3.08. The molecule has 0 spiro atoms. The van der Waals surface area contributed by atoms with E-state index in [1.165, 1.54) is 28.0 Å². The normalized spacial score (nSPS) is 11.0. The minimum absolute atomic E-state index is 0.00257. The van der Waals surface area contributed by atoms with Crippen LogP contribution in [0.4, 0.5) is 5.13 Å². The molecule has 0 saturated carbocycles. The van der Waals surface area contributed by atoms with Gasteiger partial charge in [-0.05, 0) is 30.9 Å². The number of aryl methyl sites for hydroxylation is 2. The van der Waals surface area contributed by atoms with Crippen molar-refractivity contribution in [2.24, 2.45) is 5.92 Å². The Bertz CT molecular complexity index is 653. The van der Waals surface area contributed by atoms with Crippen molar-refractivity contribution in [3.05, 3.63) is 34.9 Å². The van der Waals surface area contributed by atoms with Crippen molar-refractivity contribution in [3.63, 3.8) is 0 Å². The summed E-state index contributed by atoms with van der Waals surface area (Å²) in [7, 11) is 0. The summed E-state index contributed by atoms with van der Waals surface area (Å²) in [5, 5.41) is 11.5. The number of nitrogens with one attached hydrogen (secondary N) is 1. The third-order valence-corrected chi connectivity index (χ3v) is 5.12. The third-order valence-electron chi connectivity index (χ3n) is 3.10. The Labute approximate surface area is 139 Å². The van der Waals surface area contributed by atoms with Crippen molar-refractivity contribution in [2.45, 2.75) is 44.2 Å². The van der Waals surface area contributed by atoms with Crippen LogP contribution in [0.2, 0.25) is 0 Å². The Morgan fingerprint density at radius 3 is 2.82 bits per heavy atom. The lowest BCUT2D eigenvalue weighted by Gasteiger charge is -2.05. The maximum Gasteiger partial charge on any atom is 0.226 e. The number of aromatic nitrogens is 2. The number of hydrogen-bond acceptors (Lipinski definition) is 5. The summed E-state index contributed by atoms with van der Waals surface area (Å²) in [6.07, 6.45) is 0.505. The van der Waals surface area contributed by atoms with Crippen molar-refractivity contribution in [3.8, 4) is 0 Å². The topological polar surface area (TPSA) is 54.9 Å². The minimum Gasteiger partial charge on any atom is -0.300 e. The molecule has 1 N–H and O–H groups in total. The summed E-state index contributed by atoms with van der Waals surface area (Å²) < 4.78 is 0.876. The zero-order valence-corrected chi connectivity index (χ0v) is 15.0. The molecule has 118 valence electrons. The summed E-state index contributed by atoms with van der Waals surface area (Å²) in [5.74, 6) is 1.20.